The number of aliphatic hydroxyl groups excluding tert-OH is 2. The number of ether oxygens (including phenoxy) is 1. The van der Waals surface area contributed by atoms with E-state index in [1.807, 2.05) is 18.2 Å². The standard InChI is InChI=1S/C21H20N2O7/c24-17(10-23-21(29)30-11-12-4-2-1-3-5-12)18(25)13-6-7-14-16(8-13)22-9-15(19(14)26)20(27)28/h1-9,17-18,24-25H,10-11H2,(H,22,26)(H,23,29)(H,27,28). The van der Waals surface area contributed by atoms with Crippen LogP contribution in [0.5, 0.6) is 0 Å². The van der Waals surface area contributed by atoms with Crippen LogP contribution in [0, 0.1) is 0 Å². The fraction of sp³-hybridized carbons (Fsp3) is 0.190. The Morgan fingerprint density at radius 2 is 1.83 bits per heavy atom. The van der Waals surface area contributed by atoms with Crippen LogP contribution in [0.15, 0.2) is 59.5 Å². The van der Waals surface area contributed by atoms with Crippen LogP contribution in [0.2, 0.25) is 0 Å². The lowest BCUT2D eigenvalue weighted by Crippen LogP contribution is -2.35. The number of aromatic carboxylic acids is 1. The normalized spacial score (nSPS) is 12.9. The molecule has 3 aromatic rings. The summed E-state index contributed by atoms with van der Waals surface area (Å²) in [5.41, 5.74) is 0.358. The lowest BCUT2D eigenvalue weighted by Gasteiger charge is -2.19. The summed E-state index contributed by atoms with van der Waals surface area (Å²) >= 11 is 0. The van der Waals surface area contributed by atoms with Gasteiger partial charge in [-0.05, 0) is 23.3 Å². The van der Waals surface area contributed by atoms with Crippen LogP contribution in [0.4, 0.5) is 4.79 Å². The molecular formula is C21H20N2O7. The van der Waals surface area contributed by atoms with Crippen LogP contribution >= 0.6 is 0 Å². The zero-order valence-electron chi connectivity index (χ0n) is 15.7. The molecule has 2 atom stereocenters. The molecule has 3 rings (SSSR count). The summed E-state index contributed by atoms with van der Waals surface area (Å²) in [6, 6.07) is 13.3. The second kappa shape index (κ2) is 9.21. The molecule has 1 aromatic heterocycles. The van der Waals surface area contributed by atoms with Gasteiger partial charge in [0, 0.05) is 23.6 Å². The summed E-state index contributed by atoms with van der Waals surface area (Å²) in [6.45, 7) is -0.191. The fourth-order valence-corrected chi connectivity index (χ4v) is 2.88. The van der Waals surface area contributed by atoms with Crippen molar-refractivity contribution in [3.05, 3.63) is 81.6 Å². The van der Waals surface area contributed by atoms with Crippen LogP contribution in [-0.2, 0) is 11.3 Å². The van der Waals surface area contributed by atoms with Gasteiger partial charge in [0.2, 0.25) is 5.43 Å². The van der Waals surface area contributed by atoms with Crippen molar-refractivity contribution >= 4 is 23.0 Å². The topological polar surface area (TPSA) is 149 Å². The lowest BCUT2D eigenvalue weighted by molar-refractivity contribution is 0.0184. The van der Waals surface area contributed by atoms with Crippen LogP contribution in [0.25, 0.3) is 10.9 Å². The highest BCUT2D eigenvalue weighted by atomic mass is 16.5. The summed E-state index contributed by atoms with van der Waals surface area (Å²) < 4.78 is 5.03. The van der Waals surface area contributed by atoms with Crippen molar-refractivity contribution in [1.82, 2.24) is 10.3 Å². The van der Waals surface area contributed by atoms with Gasteiger partial charge >= 0.3 is 12.1 Å². The van der Waals surface area contributed by atoms with Gasteiger partial charge in [-0.3, -0.25) is 4.79 Å². The molecule has 2 aromatic carbocycles. The smallest absolute Gasteiger partial charge is 0.407 e. The first-order valence-corrected chi connectivity index (χ1v) is 9.06. The van der Waals surface area contributed by atoms with E-state index in [1.54, 1.807) is 12.1 Å². The van der Waals surface area contributed by atoms with Crippen LogP contribution in [0.3, 0.4) is 0 Å². The molecule has 0 saturated heterocycles. The summed E-state index contributed by atoms with van der Waals surface area (Å²) in [7, 11) is 0. The average molecular weight is 412 g/mol. The van der Waals surface area contributed by atoms with E-state index in [0.29, 0.717) is 5.52 Å². The molecular weight excluding hydrogens is 392 g/mol. The van der Waals surface area contributed by atoms with Gasteiger partial charge in [-0.2, -0.15) is 0 Å². The van der Waals surface area contributed by atoms with Crippen molar-refractivity contribution in [3.8, 4) is 0 Å². The highest BCUT2D eigenvalue weighted by Crippen LogP contribution is 2.20. The Hall–Kier alpha value is -3.69. The fourth-order valence-electron chi connectivity index (χ4n) is 2.88. The molecule has 0 fully saturated rings. The van der Waals surface area contributed by atoms with Gasteiger partial charge in [0.05, 0.1) is 0 Å². The maximum atomic E-state index is 12.2. The maximum Gasteiger partial charge on any atom is 0.407 e. The molecule has 9 nitrogen and oxygen atoms in total. The first-order chi connectivity index (χ1) is 14.4. The molecule has 0 saturated carbocycles. The van der Waals surface area contributed by atoms with Gasteiger partial charge in [0.1, 0.15) is 24.4 Å². The third-order valence-corrected chi connectivity index (χ3v) is 4.51. The Labute approximate surface area is 170 Å². The Balaban J connectivity index is 1.61. The zero-order valence-corrected chi connectivity index (χ0v) is 15.7. The first kappa shape index (κ1) is 21.0. The van der Waals surface area contributed by atoms with Crippen molar-refractivity contribution < 1.29 is 29.6 Å². The van der Waals surface area contributed by atoms with E-state index in [4.69, 9.17) is 9.84 Å². The van der Waals surface area contributed by atoms with Gasteiger partial charge < -0.3 is 30.4 Å². The van der Waals surface area contributed by atoms with Crippen LogP contribution < -0.4 is 10.7 Å². The number of aliphatic hydroxyl groups is 2. The van der Waals surface area contributed by atoms with E-state index in [9.17, 15) is 24.6 Å². The first-order valence-electron chi connectivity index (χ1n) is 9.06. The minimum absolute atomic E-state index is 0.0711. The number of aromatic amines is 1. The number of pyridine rings is 1. The number of aromatic nitrogens is 1. The van der Waals surface area contributed by atoms with Gasteiger partial charge in [0.15, 0.2) is 0 Å². The molecule has 5 N–H and O–H groups in total. The van der Waals surface area contributed by atoms with Gasteiger partial charge in [0.25, 0.3) is 0 Å². The largest absolute Gasteiger partial charge is 0.477 e. The van der Waals surface area contributed by atoms with Gasteiger partial charge in [-0.15, -0.1) is 0 Å². The molecule has 30 heavy (non-hydrogen) atoms. The summed E-state index contributed by atoms with van der Waals surface area (Å²) in [6.07, 6.45) is -2.36. The minimum Gasteiger partial charge on any atom is -0.477 e. The number of amides is 1. The van der Waals surface area contributed by atoms with Crippen LogP contribution in [0.1, 0.15) is 27.6 Å². The number of benzene rings is 2. The molecule has 0 aliphatic heterocycles. The molecule has 1 heterocycles. The number of rotatable bonds is 7. The number of carboxylic acids is 1. The average Bonchev–Trinajstić information content (AvgIpc) is 2.76. The van der Waals surface area contributed by atoms with E-state index in [1.165, 1.54) is 18.2 Å². The second-order valence-electron chi connectivity index (χ2n) is 6.60. The SMILES string of the molecule is O=C(NCC(O)C(O)c1ccc2c(=O)c(C(=O)O)c[nH]c2c1)OCc1ccccc1. The number of nitrogens with one attached hydrogen (secondary N) is 2. The van der Waals surface area contributed by atoms with Crippen molar-refractivity contribution in [1.29, 1.82) is 0 Å². The van der Waals surface area contributed by atoms with Crippen LogP contribution in [-0.4, -0.2) is 45.0 Å². The van der Waals surface area contributed by atoms with Gasteiger partial charge in [-0.1, -0.05) is 36.4 Å². The molecule has 1 amide bonds. The minimum atomic E-state index is -1.36. The Morgan fingerprint density at radius 3 is 2.53 bits per heavy atom. The zero-order chi connectivity index (χ0) is 21.7. The molecule has 0 aliphatic rings. The maximum absolute atomic E-state index is 12.2. The molecule has 156 valence electrons. The second-order valence-corrected chi connectivity index (χ2v) is 6.60. The van der Waals surface area contributed by atoms with Gasteiger partial charge in [-0.25, -0.2) is 9.59 Å². The molecule has 0 spiro atoms. The predicted octanol–water partition coefficient (Wildman–Crippen LogP) is 1.55. The third-order valence-electron chi connectivity index (χ3n) is 4.51. The molecule has 0 aliphatic carbocycles. The van der Waals surface area contributed by atoms with E-state index in [-0.39, 0.29) is 24.1 Å². The number of carbonyl (C=O) groups is 2. The summed E-state index contributed by atoms with van der Waals surface area (Å²) in [5, 5.41) is 32.1. The molecule has 9 heteroatoms. The molecule has 0 radical (unpaired) electrons. The van der Waals surface area contributed by atoms with Crippen molar-refractivity contribution in [3.63, 3.8) is 0 Å². The van der Waals surface area contributed by atoms with E-state index in [0.717, 1.165) is 11.8 Å². The predicted molar refractivity (Wildman–Crippen MR) is 107 cm³/mol. The number of carbonyl (C=O) groups excluding carboxylic acids is 1. The van der Waals surface area contributed by atoms with E-state index in [2.05, 4.69) is 10.3 Å². The summed E-state index contributed by atoms with van der Waals surface area (Å²) in [4.78, 5) is 37.7. The Kier molecular flexibility index (Phi) is 6.45. The van der Waals surface area contributed by atoms with Crippen molar-refractivity contribution in [2.45, 2.75) is 18.8 Å². The summed E-state index contributed by atoms with van der Waals surface area (Å²) in [5.74, 6) is -1.34. The monoisotopic (exact) mass is 412 g/mol. The number of hydrogen-bond donors (Lipinski definition) is 5. The van der Waals surface area contributed by atoms with E-state index >= 15 is 0 Å². The van der Waals surface area contributed by atoms with E-state index < -0.39 is 35.3 Å². The quantitative estimate of drug-likeness (QED) is 0.395. The Morgan fingerprint density at radius 1 is 1.10 bits per heavy atom. The highest BCUT2D eigenvalue weighted by Gasteiger charge is 2.21. The lowest BCUT2D eigenvalue weighted by atomic mass is 10.0. The highest BCUT2D eigenvalue weighted by molar-refractivity contribution is 5.92. The Bertz CT molecular complexity index is 1110. The van der Waals surface area contributed by atoms with Crippen molar-refractivity contribution in [2.24, 2.45) is 0 Å². The number of carboxylic acid groups (broad SMARTS) is 1. The third kappa shape index (κ3) is 4.83. The molecule has 0 bridgehead atoms. The van der Waals surface area contributed by atoms with Crippen molar-refractivity contribution in [2.75, 3.05) is 6.54 Å². The molecule has 2 unspecified atom stereocenters. The number of H-pyrrole nitrogens is 1. The number of alkyl carbamates (subject to hydrolysis) is 1. The number of hydrogen-bond acceptors (Lipinski definition) is 6. The number of fused-ring (bicyclic) bond motifs is 1.